The Kier molecular flexibility index (Phi) is 10.1. The highest BCUT2D eigenvalue weighted by Crippen LogP contribution is 2.29. The zero-order valence-electron chi connectivity index (χ0n) is 17.1. The first-order chi connectivity index (χ1) is 12.5. The standard InChI is InChI=1S/C21H37N3O2/c1-6-21(7-2,13-14-25)16-24-20(22-8-3)23-15-18-9-11-19(12-10-18)26-17(4)5/h9-12,17,25H,6-8,13-16H2,1-5H3,(H2,22,23,24). The Morgan fingerprint density at radius 1 is 1.12 bits per heavy atom. The second-order valence-corrected chi connectivity index (χ2v) is 7.04. The van der Waals surface area contributed by atoms with Crippen LogP contribution in [0.3, 0.4) is 0 Å². The van der Waals surface area contributed by atoms with Crippen LogP contribution in [0.25, 0.3) is 0 Å². The van der Waals surface area contributed by atoms with Gasteiger partial charge in [0.05, 0.1) is 12.6 Å². The van der Waals surface area contributed by atoms with Crippen molar-refractivity contribution in [2.75, 3.05) is 19.7 Å². The lowest BCUT2D eigenvalue weighted by Crippen LogP contribution is -2.43. The molecular formula is C21H37N3O2. The maximum absolute atomic E-state index is 9.38. The van der Waals surface area contributed by atoms with Gasteiger partial charge in [-0.05, 0) is 63.1 Å². The molecule has 0 unspecified atom stereocenters. The summed E-state index contributed by atoms with van der Waals surface area (Å²) in [5.74, 6) is 1.71. The average molecular weight is 364 g/mol. The van der Waals surface area contributed by atoms with E-state index in [4.69, 9.17) is 9.73 Å². The zero-order chi connectivity index (χ0) is 19.4. The number of aliphatic hydroxyl groups excluding tert-OH is 1. The maximum Gasteiger partial charge on any atom is 0.191 e. The summed E-state index contributed by atoms with van der Waals surface area (Å²) in [7, 11) is 0. The number of nitrogens with one attached hydrogen (secondary N) is 2. The van der Waals surface area contributed by atoms with Gasteiger partial charge in [0.15, 0.2) is 5.96 Å². The molecule has 3 N–H and O–H groups in total. The molecule has 0 amide bonds. The van der Waals surface area contributed by atoms with Gasteiger partial charge in [-0.2, -0.15) is 0 Å². The second kappa shape index (κ2) is 11.8. The summed E-state index contributed by atoms with van der Waals surface area (Å²) in [6.07, 6.45) is 3.06. The van der Waals surface area contributed by atoms with Crippen molar-refractivity contribution < 1.29 is 9.84 Å². The van der Waals surface area contributed by atoms with E-state index in [-0.39, 0.29) is 18.1 Å². The molecule has 1 rings (SSSR count). The number of guanidine groups is 1. The molecule has 0 saturated carbocycles. The molecule has 0 bridgehead atoms. The lowest BCUT2D eigenvalue weighted by molar-refractivity contribution is 0.169. The van der Waals surface area contributed by atoms with Crippen LogP contribution in [0.2, 0.25) is 0 Å². The van der Waals surface area contributed by atoms with E-state index >= 15 is 0 Å². The van der Waals surface area contributed by atoms with Crippen LogP contribution < -0.4 is 15.4 Å². The third-order valence-electron chi connectivity index (χ3n) is 4.83. The molecule has 0 aliphatic carbocycles. The van der Waals surface area contributed by atoms with Crippen molar-refractivity contribution in [3.8, 4) is 5.75 Å². The van der Waals surface area contributed by atoms with Gasteiger partial charge < -0.3 is 20.5 Å². The van der Waals surface area contributed by atoms with Crippen LogP contribution in [0, 0.1) is 5.41 Å². The number of benzene rings is 1. The molecule has 1 aromatic rings. The summed E-state index contributed by atoms with van der Waals surface area (Å²) >= 11 is 0. The van der Waals surface area contributed by atoms with E-state index in [1.54, 1.807) is 0 Å². The minimum absolute atomic E-state index is 0.112. The fourth-order valence-corrected chi connectivity index (χ4v) is 2.91. The van der Waals surface area contributed by atoms with Crippen molar-refractivity contribution in [1.82, 2.24) is 10.6 Å². The molecule has 1 aromatic carbocycles. The molecule has 0 atom stereocenters. The molecule has 5 nitrogen and oxygen atoms in total. The molecule has 148 valence electrons. The van der Waals surface area contributed by atoms with Crippen LogP contribution in [-0.4, -0.2) is 36.9 Å². The summed E-state index contributed by atoms with van der Waals surface area (Å²) in [5.41, 5.74) is 1.26. The minimum Gasteiger partial charge on any atom is -0.491 e. The van der Waals surface area contributed by atoms with Gasteiger partial charge in [-0.3, -0.25) is 0 Å². The van der Waals surface area contributed by atoms with Gasteiger partial charge in [0.1, 0.15) is 5.75 Å². The SMILES string of the molecule is CCNC(=NCc1ccc(OC(C)C)cc1)NCC(CC)(CC)CCO. The van der Waals surface area contributed by atoms with Crippen molar-refractivity contribution in [3.05, 3.63) is 29.8 Å². The van der Waals surface area contributed by atoms with Crippen molar-refractivity contribution >= 4 is 5.96 Å². The zero-order valence-corrected chi connectivity index (χ0v) is 17.1. The number of hydrogen-bond acceptors (Lipinski definition) is 3. The second-order valence-electron chi connectivity index (χ2n) is 7.04. The van der Waals surface area contributed by atoms with Gasteiger partial charge in [0, 0.05) is 19.7 Å². The summed E-state index contributed by atoms with van der Waals surface area (Å²) < 4.78 is 5.68. The lowest BCUT2D eigenvalue weighted by atomic mass is 9.79. The number of aliphatic imine (C=N–C) groups is 1. The molecule has 0 radical (unpaired) electrons. The molecule has 5 heteroatoms. The minimum atomic E-state index is 0.112. The topological polar surface area (TPSA) is 65.9 Å². The highest BCUT2D eigenvalue weighted by atomic mass is 16.5. The highest BCUT2D eigenvalue weighted by Gasteiger charge is 2.25. The number of rotatable bonds is 11. The molecule has 0 heterocycles. The van der Waals surface area contributed by atoms with Crippen molar-refractivity contribution in [2.24, 2.45) is 10.4 Å². The van der Waals surface area contributed by atoms with E-state index in [2.05, 4.69) is 43.5 Å². The van der Waals surface area contributed by atoms with Gasteiger partial charge in [0.25, 0.3) is 0 Å². The maximum atomic E-state index is 9.38. The van der Waals surface area contributed by atoms with Crippen LogP contribution in [0.15, 0.2) is 29.3 Å². The van der Waals surface area contributed by atoms with Crippen molar-refractivity contribution in [2.45, 2.75) is 66.5 Å². The van der Waals surface area contributed by atoms with E-state index in [0.29, 0.717) is 6.54 Å². The molecule has 0 fully saturated rings. The fourth-order valence-electron chi connectivity index (χ4n) is 2.91. The Bertz CT molecular complexity index is 523. The van der Waals surface area contributed by atoms with E-state index in [9.17, 15) is 5.11 Å². The first-order valence-corrected chi connectivity index (χ1v) is 9.87. The van der Waals surface area contributed by atoms with Gasteiger partial charge in [-0.15, -0.1) is 0 Å². The molecule has 26 heavy (non-hydrogen) atoms. The molecular weight excluding hydrogens is 326 g/mol. The number of aliphatic hydroxyl groups is 1. The Hall–Kier alpha value is -1.75. The lowest BCUT2D eigenvalue weighted by Gasteiger charge is -2.32. The normalized spacial score (nSPS) is 12.3. The largest absolute Gasteiger partial charge is 0.491 e. The Morgan fingerprint density at radius 2 is 1.77 bits per heavy atom. The van der Waals surface area contributed by atoms with Crippen LogP contribution >= 0.6 is 0 Å². The van der Waals surface area contributed by atoms with Gasteiger partial charge in [-0.1, -0.05) is 26.0 Å². The first kappa shape index (κ1) is 22.3. The molecule has 0 aliphatic heterocycles. The van der Waals surface area contributed by atoms with Crippen LogP contribution in [-0.2, 0) is 6.54 Å². The van der Waals surface area contributed by atoms with Crippen LogP contribution in [0.5, 0.6) is 5.75 Å². The Morgan fingerprint density at radius 3 is 2.27 bits per heavy atom. The quantitative estimate of drug-likeness (QED) is 0.414. The summed E-state index contributed by atoms with van der Waals surface area (Å²) in [6, 6.07) is 8.09. The summed E-state index contributed by atoms with van der Waals surface area (Å²) in [4.78, 5) is 4.70. The van der Waals surface area contributed by atoms with Gasteiger partial charge in [0.2, 0.25) is 0 Å². The Balaban J connectivity index is 2.70. The first-order valence-electron chi connectivity index (χ1n) is 9.87. The van der Waals surface area contributed by atoms with Crippen LogP contribution in [0.1, 0.15) is 59.4 Å². The van der Waals surface area contributed by atoms with Gasteiger partial charge >= 0.3 is 0 Å². The molecule has 0 saturated heterocycles. The fraction of sp³-hybridized carbons (Fsp3) is 0.667. The van der Waals surface area contributed by atoms with Crippen molar-refractivity contribution in [3.63, 3.8) is 0 Å². The third kappa shape index (κ3) is 7.65. The highest BCUT2D eigenvalue weighted by molar-refractivity contribution is 5.79. The number of nitrogens with zero attached hydrogens (tertiary/aromatic N) is 1. The number of ether oxygens (including phenoxy) is 1. The van der Waals surface area contributed by atoms with Gasteiger partial charge in [-0.25, -0.2) is 4.99 Å². The third-order valence-corrected chi connectivity index (χ3v) is 4.83. The molecule has 0 aromatic heterocycles. The van der Waals surface area contributed by atoms with E-state index in [0.717, 1.165) is 49.6 Å². The molecule has 0 spiro atoms. The molecule has 0 aliphatic rings. The smallest absolute Gasteiger partial charge is 0.191 e. The predicted octanol–water partition coefficient (Wildman–Crippen LogP) is 3.72. The summed E-state index contributed by atoms with van der Waals surface area (Å²) in [6.45, 7) is 13.0. The van der Waals surface area contributed by atoms with E-state index in [1.807, 2.05) is 26.0 Å². The Labute approximate surface area is 159 Å². The summed E-state index contributed by atoms with van der Waals surface area (Å²) in [5, 5.41) is 16.1. The van der Waals surface area contributed by atoms with E-state index < -0.39 is 0 Å². The van der Waals surface area contributed by atoms with Crippen LogP contribution in [0.4, 0.5) is 0 Å². The average Bonchev–Trinajstić information content (AvgIpc) is 2.63. The predicted molar refractivity (Wildman–Crippen MR) is 110 cm³/mol. The van der Waals surface area contributed by atoms with Crippen molar-refractivity contribution in [1.29, 1.82) is 0 Å². The monoisotopic (exact) mass is 363 g/mol. The van der Waals surface area contributed by atoms with E-state index in [1.165, 1.54) is 0 Å². The number of hydrogen-bond donors (Lipinski definition) is 3.